The van der Waals surface area contributed by atoms with Crippen LogP contribution in [0.15, 0.2) is 48.7 Å². The first-order valence-corrected chi connectivity index (χ1v) is 21.7. The SMILES string of the molecule is COc1cccc(OC)c1-c1cc(C(=O)NC2(C(=O)O)C3CC4CC(C3)CC2C4)nn1-c1ccc(-c2cn(CCCN(C)CC(O)CNC(=O)OC(C)(C)C)nn2)cc1C(C)C. The Balaban J connectivity index is 1.12. The highest BCUT2D eigenvalue weighted by molar-refractivity contribution is 5.98. The number of aromatic nitrogens is 5. The Labute approximate surface area is 363 Å². The van der Waals surface area contributed by atoms with Gasteiger partial charge in [-0.25, -0.2) is 14.3 Å². The fraction of sp³-hybridized carbons (Fsp3) is 0.565. The quantitative estimate of drug-likeness (QED) is 0.0947. The Hall–Kier alpha value is -5.48. The van der Waals surface area contributed by atoms with Gasteiger partial charge in [-0.2, -0.15) is 5.10 Å². The number of carboxylic acid groups (broad SMARTS) is 1. The Morgan fingerprint density at radius 2 is 1.65 bits per heavy atom. The maximum atomic E-state index is 14.4. The van der Waals surface area contributed by atoms with Crippen LogP contribution in [0.1, 0.15) is 95.1 Å². The largest absolute Gasteiger partial charge is 0.496 e. The van der Waals surface area contributed by atoms with Gasteiger partial charge in [0.15, 0.2) is 5.69 Å². The van der Waals surface area contributed by atoms with E-state index in [1.54, 1.807) is 50.4 Å². The maximum Gasteiger partial charge on any atom is 0.407 e. The van der Waals surface area contributed by atoms with Crippen LogP contribution in [0.2, 0.25) is 0 Å². The molecule has 2 aromatic carbocycles. The molecule has 2 amide bonds. The van der Waals surface area contributed by atoms with Gasteiger partial charge in [0.2, 0.25) is 0 Å². The first-order valence-electron chi connectivity index (χ1n) is 21.7. The fourth-order valence-electron chi connectivity index (χ4n) is 10.2. The second-order valence-corrected chi connectivity index (χ2v) is 18.7. The highest BCUT2D eigenvalue weighted by Crippen LogP contribution is 2.58. The zero-order valence-electron chi connectivity index (χ0n) is 37.2. The summed E-state index contributed by atoms with van der Waals surface area (Å²) in [6.45, 7) is 11.3. The number of alkyl carbamates (subject to hydrolysis) is 1. The van der Waals surface area contributed by atoms with Crippen LogP contribution in [-0.2, 0) is 16.1 Å². The van der Waals surface area contributed by atoms with Crippen LogP contribution in [-0.4, -0.2) is 116 Å². The van der Waals surface area contributed by atoms with E-state index >= 15 is 0 Å². The predicted molar refractivity (Wildman–Crippen MR) is 232 cm³/mol. The van der Waals surface area contributed by atoms with Crippen molar-refractivity contribution in [2.24, 2.45) is 23.7 Å². The molecule has 4 N–H and O–H groups in total. The predicted octanol–water partition coefficient (Wildman–Crippen LogP) is 6.16. The average molecular weight is 855 g/mol. The Kier molecular flexibility index (Phi) is 13.0. The van der Waals surface area contributed by atoms with E-state index in [2.05, 4.69) is 40.9 Å². The third-order valence-electron chi connectivity index (χ3n) is 12.8. The van der Waals surface area contributed by atoms with E-state index < -0.39 is 35.2 Å². The van der Waals surface area contributed by atoms with E-state index in [0.717, 1.165) is 55.3 Å². The van der Waals surface area contributed by atoms with Crippen LogP contribution in [0.4, 0.5) is 4.79 Å². The van der Waals surface area contributed by atoms with Gasteiger partial charge in [-0.05, 0) is 138 Å². The molecule has 0 aliphatic heterocycles. The van der Waals surface area contributed by atoms with Gasteiger partial charge in [0.25, 0.3) is 5.91 Å². The number of nitrogens with zero attached hydrogens (tertiary/aromatic N) is 6. The van der Waals surface area contributed by atoms with Crippen LogP contribution < -0.4 is 20.1 Å². The third kappa shape index (κ3) is 9.31. The van der Waals surface area contributed by atoms with E-state index in [9.17, 15) is 24.6 Å². The summed E-state index contributed by atoms with van der Waals surface area (Å²) in [5, 5.41) is 40.8. The number of amides is 2. The van der Waals surface area contributed by atoms with Crippen molar-refractivity contribution in [2.45, 2.75) is 103 Å². The van der Waals surface area contributed by atoms with Crippen molar-refractivity contribution in [3.63, 3.8) is 0 Å². The molecule has 16 nitrogen and oxygen atoms in total. The molecule has 8 rings (SSSR count). The first-order chi connectivity index (χ1) is 29.5. The summed E-state index contributed by atoms with van der Waals surface area (Å²) in [6.07, 6.45) is 5.76. The molecule has 1 atom stereocenters. The second-order valence-electron chi connectivity index (χ2n) is 18.7. The minimum absolute atomic E-state index is 0.0161. The number of nitrogens with one attached hydrogen (secondary N) is 2. The van der Waals surface area contributed by atoms with Crippen molar-refractivity contribution in [1.29, 1.82) is 0 Å². The smallest absolute Gasteiger partial charge is 0.407 e. The van der Waals surface area contributed by atoms with Crippen LogP contribution in [0.5, 0.6) is 11.5 Å². The number of hydrogen-bond acceptors (Lipinski definition) is 11. The molecular weight excluding hydrogens is 793 g/mol. The van der Waals surface area contributed by atoms with Crippen LogP contribution in [0.25, 0.3) is 28.2 Å². The van der Waals surface area contributed by atoms with E-state index in [1.807, 2.05) is 48.5 Å². The molecule has 4 fully saturated rings. The third-order valence-corrected chi connectivity index (χ3v) is 12.8. The number of aliphatic hydroxyl groups is 1. The summed E-state index contributed by atoms with van der Waals surface area (Å²) < 4.78 is 20.4. The summed E-state index contributed by atoms with van der Waals surface area (Å²) in [5.74, 6) is 0.395. The van der Waals surface area contributed by atoms with Crippen LogP contribution in [0.3, 0.4) is 0 Å². The normalized spacial score (nSPS) is 22.2. The number of carboxylic acids is 1. The molecule has 0 spiro atoms. The average Bonchev–Trinajstić information content (AvgIpc) is 3.88. The maximum absolute atomic E-state index is 14.4. The Morgan fingerprint density at radius 1 is 0.984 bits per heavy atom. The van der Waals surface area contributed by atoms with E-state index in [-0.39, 0.29) is 30.0 Å². The molecule has 4 bridgehead atoms. The Morgan fingerprint density at radius 3 is 2.24 bits per heavy atom. The van der Waals surface area contributed by atoms with Crippen molar-refractivity contribution in [2.75, 3.05) is 40.9 Å². The van der Waals surface area contributed by atoms with Gasteiger partial charge in [0.05, 0.1) is 43.5 Å². The topological polar surface area (TPSA) is 195 Å². The summed E-state index contributed by atoms with van der Waals surface area (Å²) in [5.41, 5.74) is 2.52. The molecule has 1 unspecified atom stereocenters. The first kappa shape index (κ1) is 44.6. The molecule has 4 aliphatic carbocycles. The van der Waals surface area contributed by atoms with Gasteiger partial charge in [-0.3, -0.25) is 9.48 Å². The number of likely N-dealkylation sites (N-methyl/N-ethyl adjacent to an activating group) is 1. The van der Waals surface area contributed by atoms with E-state index in [1.165, 1.54) is 0 Å². The fourth-order valence-corrected chi connectivity index (χ4v) is 10.2. The van der Waals surface area contributed by atoms with Gasteiger partial charge >= 0.3 is 12.1 Å². The monoisotopic (exact) mass is 854 g/mol. The molecule has 2 heterocycles. The summed E-state index contributed by atoms with van der Waals surface area (Å²) in [4.78, 5) is 41.6. The van der Waals surface area contributed by atoms with Crippen molar-refractivity contribution >= 4 is 18.0 Å². The van der Waals surface area contributed by atoms with Gasteiger partial charge in [-0.15, -0.1) is 5.10 Å². The number of benzene rings is 2. The number of carbonyl (C=O) groups excluding carboxylic acids is 2. The lowest BCUT2D eigenvalue weighted by Crippen LogP contribution is -2.70. The Bertz CT molecular complexity index is 2210. The van der Waals surface area contributed by atoms with Gasteiger partial charge < -0.3 is 40.0 Å². The number of hydrogen-bond donors (Lipinski definition) is 4. The minimum atomic E-state index is -1.33. The standard InChI is InChI=1S/C46H62N8O8/c1-27(2)34-22-30(36-26-53(51-49-36)16-10-15-52(6)25-33(55)24-47-44(59)62-45(3,4)5)13-14-37(34)54-38(41-39(60-7)11-9-12-40(41)61-8)23-35(50-54)42(56)48-46(43(57)58)31-18-28-17-29(20-31)21-32(46)19-28/h9,11-14,22-23,26-29,31-33,55H,10,15-21,24-25H2,1-8H3,(H,47,59)(H,48,56)(H,57,58). The number of ether oxygens (including phenoxy) is 3. The lowest BCUT2D eigenvalue weighted by molar-refractivity contribution is -0.163. The molecular formula is C46H62N8O8. The molecule has 4 saturated carbocycles. The number of aliphatic carboxylic acids is 1. The molecule has 4 aromatic rings. The molecule has 62 heavy (non-hydrogen) atoms. The van der Waals surface area contributed by atoms with E-state index in [0.29, 0.717) is 59.9 Å². The summed E-state index contributed by atoms with van der Waals surface area (Å²) in [7, 11) is 5.07. The van der Waals surface area contributed by atoms with Crippen LogP contribution in [0, 0.1) is 23.7 Å². The summed E-state index contributed by atoms with van der Waals surface area (Å²) in [6, 6.07) is 13.2. The highest BCUT2D eigenvalue weighted by Gasteiger charge is 2.62. The summed E-state index contributed by atoms with van der Waals surface area (Å²) >= 11 is 0. The lowest BCUT2D eigenvalue weighted by atomic mass is 9.48. The van der Waals surface area contributed by atoms with E-state index in [4.69, 9.17) is 19.3 Å². The number of aryl methyl sites for hydroxylation is 1. The molecule has 2 aromatic heterocycles. The lowest BCUT2D eigenvalue weighted by Gasteiger charge is -2.59. The van der Waals surface area contributed by atoms with Crippen molar-refractivity contribution in [3.05, 3.63) is 59.9 Å². The number of carbonyl (C=O) groups is 3. The molecule has 4 aliphatic rings. The molecule has 16 heteroatoms. The van der Waals surface area contributed by atoms with Crippen LogP contribution >= 0.6 is 0 Å². The number of methoxy groups -OCH3 is 2. The van der Waals surface area contributed by atoms with Crippen molar-refractivity contribution in [3.8, 4) is 39.7 Å². The van der Waals surface area contributed by atoms with Crippen molar-refractivity contribution < 1.29 is 38.8 Å². The zero-order chi connectivity index (χ0) is 44.5. The molecule has 0 radical (unpaired) electrons. The van der Waals surface area contributed by atoms with Gasteiger partial charge in [0.1, 0.15) is 28.3 Å². The number of aliphatic hydroxyl groups excluding tert-OH is 1. The highest BCUT2D eigenvalue weighted by atomic mass is 16.6. The van der Waals surface area contributed by atoms with Gasteiger partial charge in [-0.1, -0.05) is 31.2 Å². The van der Waals surface area contributed by atoms with Gasteiger partial charge in [0, 0.05) is 25.2 Å². The zero-order valence-corrected chi connectivity index (χ0v) is 37.2. The molecule has 334 valence electrons. The van der Waals surface area contributed by atoms with Crippen molar-refractivity contribution in [1.82, 2.24) is 40.3 Å². The minimum Gasteiger partial charge on any atom is -0.496 e. The molecule has 0 saturated heterocycles. The second kappa shape index (κ2) is 18.1. The number of rotatable bonds is 17.